The summed E-state index contributed by atoms with van der Waals surface area (Å²) in [6.07, 6.45) is 3.00. The average Bonchev–Trinajstić information content (AvgIpc) is 3.80. The number of anilines is 1. The number of nitrogens with one attached hydrogen (secondary N) is 4. The Balaban J connectivity index is 1.16. The first kappa shape index (κ1) is 30.7. The van der Waals surface area contributed by atoms with E-state index >= 15 is 0 Å². The van der Waals surface area contributed by atoms with Crippen LogP contribution in [0.3, 0.4) is 0 Å². The number of benzene rings is 3. The van der Waals surface area contributed by atoms with E-state index < -0.39 is 5.60 Å². The van der Waals surface area contributed by atoms with Crippen LogP contribution in [0.5, 0.6) is 11.5 Å². The number of rotatable bonds is 12. The summed E-state index contributed by atoms with van der Waals surface area (Å²) in [6.45, 7) is 0.942. The molecule has 0 aliphatic carbocycles. The number of pyridine rings is 1. The normalized spacial score (nSPS) is 15.5. The maximum atomic E-state index is 12.1. The fraction of sp³-hybridized carbons (Fsp3) is 0.189. The van der Waals surface area contributed by atoms with Gasteiger partial charge in [-0.05, 0) is 47.0 Å². The van der Waals surface area contributed by atoms with Gasteiger partial charge in [-0.25, -0.2) is 4.99 Å². The molecule has 5 aromatic rings. The Labute approximate surface area is 277 Å². The van der Waals surface area contributed by atoms with Gasteiger partial charge in [-0.2, -0.15) is 0 Å². The van der Waals surface area contributed by atoms with Gasteiger partial charge in [0.15, 0.2) is 11.7 Å². The molecule has 1 radical (unpaired) electrons. The van der Waals surface area contributed by atoms with Gasteiger partial charge in [0.05, 0.1) is 32.9 Å². The fourth-order valence-corrected chi connectivity index (χ4v) is 6.05. The largest absolute Gasteiger partial charge is 0.497 e. The molecule has 0 bridgehead atoms. The molecular formula is C37H35N6O5. The summed E-state index contributed by atoms with van der Waals surface area (Å²) in [5.41, 5.74) is 3.14. The monoisotopic (exact) mass is 643 g/mol. The predicted molar refractivity (Wildman–Crippen MR) is 181 cm³/mol. The highest BCUT2D eigenvalue weighted by molar-refractivity contribution is 5.63. The van der Waals surface area contributed by atoms with Gasteiger partial charge >= 0.3 is 0 Å². The summed E-state index contributed by atoms with van der Waals surface area (Å²) < 4.78 is 24.3. The van der Waals surface area contributed by atoms with Crippen molar-refractivity contribution in [1.29, 1.82) is 0 Å². The van der Waals surface area contributed by atoms with Crippen molar-refractivity contribution in [2.75, 3.05) is 25.8 Å². The lowest BCUT2D eigenvalue weighted by Gasteiger charge is -2.36. The number of fused-ring (bicyclic) bond motifs is 1. The summed E-state index contributed by atoms with van der Waals surface area (Å²) in [7, 11) is 3.30. The van der Waals surface area contributed by atoms with Crippen molar-refractivity contribution in [3.8, 4) is 11.5 Å². The van der Waals surface area contributed by atoms with E-state index in [9.17, 15) is 4.79 Å². The Kier molecular flexibility index (Phi) is 8.59. The number of aliphatic imine (C=N–C) groups is 1. The van der Waals surface area contributed by atoms with Crippen LogP contribution in [0.25, 0.3) is 0 Å². The molecule has 2 aliphatic heterocycles. The Bertz CT molecular complexity index is 1920. The zero-order chi connectivity index (χ0) is 32.9. The molecule has 0 amide bonds. The molecule has 11 nitrogen and oxygen atoms in total. The molecule has 0 spiro atoms. The van der Waals surface area contributed by atoms with E-state index in [0.29, 0.717) is 36.2 Å². The molecule has 0 saturated carbocycles. The molecule has 1 unspecified atom stereocenters. The highest BCUT2D eigenvalue weighted by atomic mass is 16.5. The second-order valence-electron chi connectivity index (χ2n) is 11.2. The Morgan fingerprint density at radius 1 is 0.938 bits per heavy atom. The van der Waals surface area contributed by atoms with E-state index in [0.717, 1.165) is 33.9 Å². The van der Waals surface area contributed by atoms with E-state index in [1.807, 2.05) is 77.7 Å². The van der Waals surface area contributed by atoms with Crippen LogP contribution in [0.1, 0.15) is 28.0 Å². The Morgan fingerprint density at radius 3 is 2.29 bits per heavy atom. The number of hydrogen-bond donors (Lipinski definition) is 4. The lowest BCUT2D eigenvalue weighted by molar-refractivity contribution is -0.00791. The Hall–Kier alpha value is -5.94. The summed E-state index contributed by atoms with van der Waals surface area (Å²) in [4.78, 5) is 21.4. The number of nitrogens with zero attached hydrogens (tertiary/aromatic N) is 2. The van der Waals surface area contributed by atoms with Gasteiger partial charge in [-0.3, -0.25) is 9.69 Å². The minimum absolute atomic E-state index is 0.134. The van der Waals surface area contributed by atoms with Crippen LogP contribution < -0.4 is 35.9 Å². The zero-order valence-electron chi connectivity index (χ0n) is 26.5. The standard InChI is InChI=1S/C37H35N6O5/c1-45-29-14-10-27(11-15-29)37(26-8-4-3-5-9-26,28-12-16-30(46-2)17-13-28)47-22-31-18-19-32(48-31)43-24-42-33-34(40-23-41-35(33)43)39-21-25-7-6-20-38-36(25)44/h3-17,19-20,23,35,39,42H,21-22,24H2,1-2H3,(H,38,44)(H,40,41). The molecule has 1 atom stereocenters. The summed E-state index contributed by atoms with van der Waals surface area (Å²) >= 11 is 0. The third-order valence-corrected chi connectivity index (χ3v) is 8.51. The quantitative estimate of drug-likeness (QED) is 0.145. The molecule has 11 heteroatoms. The van der Waals surface area contributed by atoms with Crippen molar-refractivity contribution in [3.05, 3.63) is 159 Å². The van der Waals surface area contributed by atoms with Gasteiger partial charge in [-0.1, -0.05) is 60.7 Å². The van der Waals surface area contributed by atoms with Crippen LogP contribution >= 0.6 is 0 Å². The zero-order valence-corrected chi connectivity index (χ0v) is 26.5. The molecule has 2 aliphatic rings. The lowest BCUT2D eigenvalue weighted by atomic mass is 9.80. The highest BCUT2D eigenvalue weighted by Gasteiger charge is 2.39. The number of H-pyrrole nitrogens is 1. The summed E-state index contributed by atoms with van der Waals surface area (Å²) in [6, 6.07) is 34.6. The van der Waals surface area contributed by atoms with Crippen LogP contribution in [0.15, 0.2) is 129 Å². The molecule has 48 heavy (non-hydrogen) atoms. The van der Waals surface area contributed by atoms with Gasteiger partial charge in [0, 0.05) is 30.4 Å². The third-order valence-electron chi connectivity index (χ3n) is 8.51. The number of hydrogen-bond acceptors (Lipinski definition) is 10. The van der Waals surface area contributed by atoms with Crippen molar-refractivity contribution in [2.45, 2.75) is 24.9 Å². The first-order valence-electron chi connectivity index (χ1n) is 15.5. The molecule has 2 aromatic heterocycles. The lowest BCUT2D eigenvalue weighted by Crippen LogP contribution is -2.44. The minimum Gasteiger partial charge on any atom is -0.497 e. The van der Waals surface area contributed by atoms with Gasteiger partial charge in [0.25, 0.3) is 5.56 Å². The minimum atomic E-state index is -0.992. The molecule has 4 N–H and O–H groups in total. The number of aromatic nitrogens is 1. The van der Waals surface area contributed by atoms with Gasteiger partial charge < -0.3 is 39.6 Å². The van der Waals surface area contributed by atoms with Crippen molar-refractivity contribution in [3.63, 3.8) is 0 Å². The molecular weight excluding hydrogens is 608 g/mol. The number of aromatic amines is 1. The fourth-order valence-electron chi connectivity index (χ4n) is 6.05. The molecule has 3 aromatic carbocycles. The first-order valence-corrected chi connectivity index (χ1v) is 15.5. The van der Waals surface area contributed by atoms with Crippen molar-refractivity contribution in [1.82, 2.24) is 20.9 Å². The van der Waals surface area contributed by atoms with Crippen molar-refractivity contribution in [2.24, 2.45) is 4.99 Å². The maximum Gasteiger partial charge on any atom is 0.252 e. The number of furan rings is 1. The topological polar surface area (TPSA) is 125 Å². The van der Waals surface area contributed by atoms with Crippen LogP contribution in [0.2, 0.25) is 0 Å². The molecule has 7 rings (SSSR count). The van der Waals surface area contributed by atoms with Crippen molar-refractivity contribution >= 4 is 12.2 Å². The van der Waals surface area contributed by atoms with Crippen LogP contribution in [0, 0.1) is 6.07 Å². The highest BCUT2D eigenvalue weighted by Crippen LogP contribution is 2.42. The number of methoxy groups -OCH3 is 2. The van der Waals surface area contributed by atoms with Gasteiger partial charge in [-0.15, -0.1) is 0 Å². The van der Waals surface area contributed by atoms with Crippen LogP contribution in [0.4, 0.5) is 5.88 Å². The van der Waals surface area contributed by atoms with Crippen LogP contribution in [-0.4, -0.2) is 38.4 Å². The number of ether oxygens (including phenoxy) is 3. The van der Waals surface area contributed by atoms with Crippen LogP contribution in [-0.2, 0) is 23.5 Å². The van der Waals surface area contributed by atoms with E-state index in [2.05, 4.69) is 44.1 Å². The summed E-state index contributed by atoms with van der Waals surface area (Å²) in [5.74, 6) is 3.30. The Morgan fingerprint density at radius 2 is 1.62 bits per heavy atom. The second kappa shape index (κ2) is 13.4. The molecule has 243 valence electrons. The predicted octanol–water partition coefficient (Wildman–Crippen LogP) is 4.58. The second-order valence-corrected chi connectivity index (χ2v) is 11.2. The molecule has 1 saturated heterocycles. The van der Waals surface area contributed by atoms with Gasteiger partial charge in [0.2, 0.25) is 0 Å². The van der Waals surface area contributed by atoms with E-state index in [4.69, 9.17) is 18.6 Å². The summed E-state index contributed by atoms with van der Waals surface area (Å²) in [5, 5.41) is 9.99. The molecule has 4 heterocycles. The maximum absolute atomic E-state index is 12.1. The van der Waals surface area contributed by atoms with E-state index in [1.54, 1.807) is 38.9 Å². The first-order chi connectivity index (χ1) is 23.6. The SMILES string of the molecule is COc1ccc(C(OCc2[c]cc(N3CNC4=C(NCc5ccc[nH]c5=O)N=CNC43)o2)(c2ccccc2)c2ccc(OC)cc2)cc1. The van der Waals surface area contributed by atoms with Crippen molar-refractivity contribution < 1.29 is 18.6 Å². The third kappa shape index (κ3) is 5.87. The molecule has 1 fully saturated rings. The van der Waals surface area contributed by atoms with E-state index in [1.165, 1.54) is 0 Å². The average molecular weight is 644 g/mol. The smallest absolute Gasteiger partial charge is 0.252 e. The van der Waals surface area contributed by atoms with Gasteiger partial charge in [0.1, 0.15) is 35.6 Å². The van der Waals surface area contributed by atoms with E-state index in [-0.39, 0.29) is 18.3 Å².